The first-order chi connectivity index (χ1) is 9.28. The number of fused-ring (bicyclic) bond motifs is 1. The van der Waals surface area contributed by atoms with Crippen LogP contribution in [0.25, 0.3) is 5.65 Å². The van der Waals surface area contributed by atoms with E-state index in [9.17, 15) is 0 Å². The molecule has 1 aromatic carbocycles. The molecular weight excluding hydrogens is 280 g/mol. The Kier molecular flexibility index (Phi) is 3.11. The predicted molar refractivity (Wildman–Crippen MR) is 73.3 cm³/mol. The molecule has 92 valence electrons. The number of benzene rings is 1. The van der Waals surface area contributed by atoms with Gasteiger partial charge in [-0.25, -0.2) is 0 Å². The molecule has 2 aromatic heterocycles. The van der Waals surface area contributed by atoms with Crippen LogP contribution >= 0.6 is 23.4 Å². The molecule has 3 rings (SSSR count). The number of pyridine rings is 1. The van der Waals surface area contributed by atoms with Crippen molar-refractivity contribution in [3.05, 3.63) is 53.2 Å². The Labute approximate surface area is 118 Å². The third kappa shape index (κ3) is 2.28. The quantitative estimate of drug-likeness (QED) is 0.724. The molecule has 0 bridgehead atoms. The Balaban J connectivity index is 1.97. The number of nitrogens with zero attached hydrogens (tertiary/aromatic N) is 4. The number of halogens is 1. The number of aromatic nitrogens is 3. The number of hydrogen-bond donors (Lipinski definition) is 0. The van der Waals surface area contributed by atoms with E-state index in [2.05, 4.69) is 10.2 Å². The normalized spacial score (nSPS) is 10.5. The number of hydrogen-bond acceptors (Lipinski definition) is 4. The van der Waals surface area contributed by atoms with Crippen LogP contribution in [-0.4, -0.2) is 14.6 Å². The molecule has 0 unspecified atom stereocenters. The van der Waals surface area contributed by atoms with Crippen molar-refractivity contribution in [2.45, 2.75) is 10.1 Å². The van der Waals surface area contributed by atoms with Crippen LogP contribution in [0.4, 0.5) is 0 Å². The van der Waals surface area contributed by atoms with Gasteiger partial charge in [-0.05, 0) is 42.1 Å². The Morgan fingerprint density at radius 3 is 2.89 bits per heavy atom. The van der Waals surface area contributed by atoms with Gasteiger partial charge >= 0.3 is 0 Å². The van der Waals surface area contributed by atoms with Crippen LogP contribution in [0.1, 0.15) is 5.56 Å². The molecule has 0 amide bonds. The topological polar surface area (TPSA) is 54.0 Å². The highest BCUT2D eigenvalue weighted by molar-refractivity contribution is 7.99. The Hall–Kier alpha value is -2.03. The standard InChI is InChI=1S/C13H7ClN4S/c14-11-7-10(5-4-9(11)8-15)19-13-17-16-12-3-1-2-6-18(12)13/h1-7H. The second-order valence-corrected chi connectivity index (χ2v) is 5.21. The van der Waals surface area contributed by atoms with E-state index in [0.29, 0.717) is 10.6 Å². The molecule has 0 spiro atoms. The van der Waals surface area contributed by atoms with Crippen LogP contribution in [0.5, 0.6) is 0 Å². The minimum absolute atomic E-state index is 0.446. The number of rotatable bonds is 2. The first kappa shape index (κ1) is 12.0. The van der Waals surface area contributed by atoms with Crippen molar-refractivity contribution in [3.63, 3.8) is 0 Å². The van der Waals surface area contributed by atoms with Gasteiger partial charge in [0.2, 0.25) is 0 Å². The highest BCUT2D eigenvalue weighted by atomic mass is 35.5. The lowest BCUT2D eigenvalue weighted by Gasteiger charge is -2.01. The third-order valence-electron chi connectivity index (χ3n) is 2.55. The molecule has 19 heavy (non-hydrogen) atoms. The van der Waals surface area contributed by atoms with Crippen molar-refractivity contribution in [2.75, 3.05) is 0 Å². The maximum Gasteiger partial charge on any atom is 0.200 e. The number of nitriles is 1. The molecule has 4 nitrogen and oxygen atoms in total. The lowest BCUT2D eigenvalue weighted by Crippen LogP contribution is -1.86. The first-order valence-corrected chi connectivity index (χ1v) is 6.64. The molecule has 3 aromatic rings. The molecule has 0 atom stereocenters. The summed E-state index contributed by atoms with van der Waals surface area (Å²) in [6, 6.07) is 13.1. The summed E-state index contributed by atoms with van der Waals surface area (Å²) in [6.45, 7) is 0. The van der Waals surface area contributed by atoms with Crippen LogP contribution < -0.4 is 0 Å². The molecule has 0 aliphatic carbocycles. The average molecular weight is 287 g/mol. The van der Waals surface area contributed by atoms with Crippen molar-refractivity contribution in [1.29, 1.82) is 5.26 Å². The van der Waals surface area contributed by atoms with E-state index in [-0.39, 0.29) is 0 Å². The maximum atomic E-state index is 8.84. The lowest BCUT2D eigenvalue weighted by atomic mass is 10.2. The molecule has 0 saturated heterocycles. The molecule has 0 N–H and O–H groups in total. The highest BCUT2D eigenvalue weighted by Crippen LogP contribution is 2.29. The van der Waals surface area contributed by atoms with Gasteiger partial charge in [-0.3, -0.25) is 4.40 Å². The largest absolute Gasteiger partial charge is 0.277 e. The molecule has 0 aliphatic rings. The van der Waals surface area contributed by atoms with E-state index in [0.717, 1.165) is 15.7 Å². The smallest absolute Gasteiger partial charge is 0.200 e. The SMILES string of the molecule is N#Cc1ccc(Sc2nnc3ccccn23)cc1Cl. The van der Waals surface area contributed by atoms with E-state index < -0.39 is 0 Å². The van der Waals surface area contributed by atoms with Gasteiger partial charge in [0.15, 0.2) is 10.8 Å². The average Bonchev–Trinajstić information content (AvgIpc) is 2.83. The van der Waals surface area contributed by atoms with E-state index in [1.54, 1.807) is 12.1 Å². The van der Waals surface area contributed by atoms with Crippen molar-refractivity contribution in [1.82, 2.24) is 14.6 Å². The molecule has 0 saturated carbocycles. The van der Waals surface area contributed by atoms with Gasteiger partial charge < -0.3 is 0 Å². The highest BCUT2D eigenvalue weighted by Gasteiger charge is 2.08. The summed E-state index contributed by atoms with van der Waals surface area (Å²) in [5.74, 6) is 0. The van der Waals surface area contributed by atoms with Crippen LogP contribution in [0.2, 0.25) is 5.02 Å². The van der Waals surface area contributed by atoms with E-state index in [1.165, 1.54) is 11.8 Å². The summed E-state index contributed by atoms with van der Waals surface area (Å²) in [4.78, 5) is 0.919. The second-order valence-electron chi connectivity index (χ2n) is 3.77. The minimum Gasteiger partial charge on any atom is -0.277 e. The van der Waals surface area contributed by atoms with Gasteiger partial charge in [0.1, 0.15) is 6.07 Å². The Morgan fingerprint density at radius 2 is 2.11 bits per heavy atom. The van der Waals surface area contributed by atoms with Crippen molar-refractivity contribution >= 4 is 29.0 Å². The van der Waals surface area contributed by atoms with Crippen LogP contribution in [0.3, 0.4) is 0 Å². The zero-order valence-corrected chi connectivity index (χ0v) is 11.2. The van der Waals surface area contributed by atoms with Crippen molar-refractivity contribution < 1.29 is 0 Å². The van der Waals surface area contributed by atoms with E-state index in [4.69, 9.17) is 16.9 Å². The predicted octanol–water partition coefficient (Wildman–Crippen LogP) is 3.41. The third-order valence-corrected chi connectivity index (χ3v) is 3.82. The Morgan fingerprint density at radius 1 is 1.21 bits per heavy atom. The fourth-order valence-corrected chi connectivity index (χ4v) is 2.79. The summed E-state index contributed by atoms with van der Waals surface area (Å²) in [5, 5.41) is 18.3. The zero-order chi connectivity index (χ0) is 13.2. The summed E-state index contributed by atoms with van der Waals surface area (Å²) < 4.78 is 1.90. The van der Waals surface area contributed by atoms with E-state index in [1.807, 2.05) is 40.9 Å². The Bertz CT molecular complexity index is 791. The molecule has 2 heterocycles. The molecule has 6 heteroatoms. The van der Waals surface area contributed by atoms with Gasteiger partial charge in [-0.2, -0.15) is 5.26 Å². The van der Waals surface area contributed by atoms with Gasteiger partial charge in [-0.1, -0.05) is 17.7 Å². The molecule has 0 radical (unpaired) electrons. The van der Waals surface area contributed by atoms with Gasteiger partial charge in [0, 0.05) is 11.1 Å². The minimum atomic E-state index is 0.446. The fraction of sp³-hybridized carbons (Fsp3) is 0. The summed E-state index contributed by atoms with van der Waals surface area (Å²) in [6.07, 6.45) is 1.91. The molecule has 0 aliphatic heterocycles. The second kappa shape index (κ2) is 4.92. The lowest BCUT2D eigenvalue weighted by molar-refractivity contribution is 0.921. The van der Waals surface area contributed by atoms with Crippen LogP contribution in [0.15, 0.2) is 52.6 Å². The van der Waals surface area contributed by atoms with Crippen molar-refractivity contribution in [3.8, 4) is 6.07 Å². The maximum absolute atomic E-state index is 8.84. The molecule has 0 fully saturated rings. The van der Waals surface area contributed by atoms with Crippen molar-refractivity contribution in [2.24, 2.45) is 0 Å². The van der Waals surface area contributed by atoms with Crippen LogP contribution in [-0.2, 0) is 0 Å². The monoisotopic (exact) mass is 286 g/mol. The zero-order valence-electron chi connectivity index (χ0n) is 9.62. The first-order valence-electron chi connectivity index (χ1n) is 5.45. The van der Waals surface area contributed by atoms with E-state index >= 15 is 0 Å². The summed E-state index contributed by atoms with van der Waals surface area (Å²) >= 11 is 7.46. The fourth-order valence-electron chi connectivity index (χ4n) is 1.64. The van der Waals surface area contributed by atoms with Gasteiger partial charge in [-0.15, -0.1) is 10.2 Å². The summed E-state index contributed by atoms with van der Waals surface area (Å²) in [5.41, 5.74) is 1.27. The van der Waals surface area contributed by atoms with Gasteiger partial charge in [0.05, 0.1) is 10.6 Å². The summed E-state index contributed by atoms with van der Waals surface area (Å²) in [7, 11) is 0. The van der Waals surface area contributed by atoms with Crippen LogP contribution in [0, 0.1) is 11.3 Å². The van der Waals surface area contributed by atoms with Gasteiger partial charge in [0.25, 0.3) is 0 Å². The molecular formula is C13H7ClN4S.